The number of anilines is 1. The molecule has 0 aliphatic carbocycles. The second-order valence-corrected chi connectivity index (χ2v) is 7.12. The molecular formula is C22H26ClN5O2. The van der Waals surface area contributed by atoms with Crippen molar-refractivity contribution >= 4 is 17.4 Å². The van der Waals surface area contributed by atoms with E-state index >= 15 is 0 Å². The molecule has 30 heavy (non-hydrogen) atoms. The zero-order valence-electron chi connectivity index (χ0n) is 17.2. The Morgan fingerprint density at radius 2 is 1.93 bits per heavy atom. The van der Waals surface area contributed by atoms with E-state index in [2.05, 4.69) is 34.0 Å². The lowest BCUT2D eigenvalue weighted by molar-refractivity contribution is 0.300. The normalized spacial score (nSPS) is 10.9. The topological polar surface area (TPSA) is 72.3 Å². The number of pyridine rings is 3. The highest BCUT2D eigenvalue weighted by atomic mass is 35.5. The second-order valence-electron chi connectivity index (χ2n) is 6.68. The Labute approximate surface area is 181 Å². The summed E-state index contributed by atoms with van der Waals surface area (Å²) in [6.45, 7) is 8.41. The fourth-order valence-electron chi connectivity index (χ4n) is 2.93. The second kappa shape index (κ2) is 10.8. The molecule has 0 aliphatic heterocycles. The summed E-state index contributed by atoms with van der Waals surface area (Å²) < 4.78 is 7.18. The number of nitrogens with one attached hydrogen (secondary N) is 1. The number of hydrogen-bond acceptors (Lipinski definition) is 6. The molecule has 0 saturated carbocycles. The molecule has 0 atom stereocenters. The fourth-order valence-corrected chi connectivity index (χ4v) is 3.04. The molecule has 0 unspecified atom stereocenters. The molecule has 3 rings (SSSR count). The first kappa shape index (κ1) is 21.8. The number of likely N-dealkylation sites (N-methyl/N-ethyl adjacent to an activating group) is 1. The van der Waals surface area contributed by atoms with Gasteiger partial charge in [-0.2, -0.15) is 0 Å². The quantitative estimate of drug-likeness (QED) is 0.533. The van der Waals surface area contributed by atoms with Gasteiger partial charge in [-0.3, -0.25) is 14.3 Å². The van der Waals surface area contributed by atoms with Crippen LogP contribution in [0.1, 0.15) is 19.5 Å². The van der Waals surface area contributed by atoms with Crippen LogP contribution in [0.5, 0.6) is 5.75 Å². The van der Waals surface area contributed by atoms with Crippen molar-refractivity contribution in [1.82, 2.24) is 19.4 Å². The fraction of sp³-hybridized carbons (Fsp3) is 0.318. The highest BCUT2D eigenvalue weighted by molar-refractivity contribution is 6.30. The predicted octanol–water partition coefficient (Wildman–Crippen LogP) is 3.61. The summed E-state index contributed by atoms with van der Waals surface area (Å²) in [4.78, 5) is 23.4. The molecule has 158 valence electrons. The van der Waals surface area contributed by atoms with Crippen molar-refractivity contribution < 1.29 is 4.74 Å². The van der Waals surface area contributed by atoms with Gasteiger partial charge >= 0.3 is 0 Å². The van der Waals surface area contributed by atoms with E-state index in [0.29, 0.717) is 16.5 Å². The van der Waals surface area contributed by atoms with Crippen LogP contribution < -0.4 is 15.6 Å². The summed E-state index contributed by atoms with van der Waals surface area (Å²) in [5, 5.41) is 3.88. The highest BCUT2D eigenvalue weighted by Crippen LogP contribution is 2.13. The molecule has 0 bridgehead atoms. The maximum absolute atomic E-state index is 12.5. The van der Waals surface area contributed by atoms with Crippen molar-refractivity contribution in [3.8, 4) is 11.4 Å². The number of aromatic nitrogens is 3. The van der Waals surface area contributed by atoms with Gasteiger partial charge in [0.05, 0.1) is 22.6 Å². The van der Waals surface area contributed by atoms with Crippen molar-refractivity contribution in [2.24, 2.45) is 0 Å². The van der Waals surface area contributed by atoms with Crippen LogP contribution in [0.25, 0.3) is 5.69 Å². The van der Waals surface area contributed by atoms with Crippen molar-refractivity contribution in [2.45, 2.75) is 20.5 Å². The van der Waals surface area contributed by atoms with Crippen LogP contribution in [-0.4, -0.2) is 45.6 Å². The molecule has 3 aromatic heterocycles. The van der Waals surface area contributed by atoms with Gasteiger partial charge in [0.25, 0.3) is 5.56 Å². The molecule has 0 spiro atoms. The van der Waals surface area contributed by atoms with Gasteiger partial charge in [-0.25, -0.2) is 4.98 Å². The molecule has 3 heterocycles. The zero-order valence-corrected chi connectivity index (χ0v) is 18.0. The zero-order chi connectivity index (χ0) is 21.3. The summed E-state index contributed by atoms with van der Waals surface area (Å²) in [5.74, 6) is 1.27. The van der Waals surface area contributed by atoms with Crippen LogP contribution in [0.2, 0.25) is 5.02 Å². The van der Waals surface area contributed by atoms with Gasteiger partial charge < -0.3 is 15.0 Å². The molecule has 0 amide bonds. The summed E-state index contributed by atoms with van der Waals surface area (Å²) in [6.07, 6.45) is 4.92. The molecule has 0 fully saturated rings. The maximum atomic E-state index is 12.5. The van der Waals surface area contributed by atoms with E-state index < -0.39 is 0 Å². The minimum absolute atomic E-state index is 0.194. The summed E-state index contributed by atoms with van der Waals surface area (Å²) >= 11 is 5.83. The van der Waals surface area contributed by atoms with Gasteiger partial charge in [0, 0.05) is 31.5 Å². The van der Waals surface area contributed by atoms with E-state index in [9.17, 15) is 4.79 Å². The third-order valence-corrected chi connectivity index (χ3v) is 4.94. The van der Waals surface area contributed by atoms with E-state index in [1.54, 1.807) is 36.8 Å². The maximum Gasteiger partial charge on any atom is 0.258 e. The van der Waals surface area contributed by atoms with E-state index in [1.807, 2.05) is 12.1 Å². The third kappa shape index (κ3) is 6.05. The van der Waals surface area contributed by atoms with Crippen molar-refractivity contribution in [3.05, 3.63) is 76.1 Å². The monoisotopic (exact) mass is 427 g/mol. The van der Waals surface area contributed by atoms with Gasteiger partial charge in [0.1, 0.15) is 18.2 Å². The van der Waals surface area contributed by atoms with Crippen LogP contribution in [-0.2, 0) is 6.61 Å². The minimum atomic E-state index is -0.194. The lowest BCUT2D eigenvalue weighted by atomic mass is 10.3. The van der Waals surface area contributed by atoms with Crippen LogP contribution in [0.15, 0.2) is 59.8 Å². The third-order valence-electron chi connectivity index (χ3n) is 4.72. The van der Waals surface area contributed by atoms with Crippen LogP contribution in [0.3, 0.4) is 0 Å². The van der Waals surface area contributed by atoms with Gasteiger partial charge in [-0.05, 0) is 43.4 Å². The number of halogens is 1. The Morgan fingerprint density at radius 1 is 1.10 bits per heavy atom. The van der Waals surface area contributed by atoms with Crippen molar-refractivity contribution in [2.75, 3.05) is 31.5 Å². The average molecular weight is 428 g/mol. The van der Waals surface area contributed by atoms with Crippen molar-refractivity contribution in [1.29, 1.82) is 0 Å². The standard InChI is InChI=1S/C22H26ClN5O2/c1-3-27(4-2)12-10-24-21-8-7-19(15-26-21)28-11-9-20(13-22(28)29)30-16-18-6-5-17(23)14-25-18/h5-9,11,13-15H,3-4,10,12,16H2,1-2H3,(H,24,26). The van der Waals surface area contributed by atoms with E-state index in [4.69, 9.17) is 16.3 Å². The van der Waals surface area contributed by atoms with Gasteiger partial charge in [-0.15, -0.1) is 0 Å². The number of rotatable bonds is 10. The summed E-state index contributed by atoms with van der Waals surface area (Å²) in [5.41, 5.74) is 1.23. The van der Waals surface area contributed by atoms with Crippen LogP contribution >= 0.6 is 11.6 Å². The lowest BCUT2D eigenvalue weighted by Crippen LogP contribution is -2.28. The number of ether oxygens (including phenoxy) is 1. The number of hydrogen-bond donors (Lipinski definition) is 1. The molecule has 0 aromatic carbocycles. The highest BCUT2D eigenvalue weighted by Gasteiger charge is 2.05. The smallest absolute Gasteiger partial charge is 0.258 e. The van der Waals surface area contributed by atoms with Gasteiger partial charge in [-0.1, -0.05) is 25.4 Å². The average Bonchev–Trinajstić information content (AvgIpc) is 2.77. The molecule has 0 saturated heterocycles. The Morgan fingerprint density at radius 3 is 2.57 bits per heavy atom. The Balaban J connectivity index is 1.59. The van der Waals surface area contributed by atoms with Gasteiger partial charge in [0.2, 0.25) is 0 Å². The summed E-state index contributed by atoms with van der Waals surface area (Å²) in [6, 6.07) is 10.5. The van der Waals surface area contributed by atoms with Crippen LogP contribution in [0, 0.1) is 0 Å². The van der Waals surface area contributed by atoms with Gasteiger partial charge in [0.15, 0.2) is 0 Å². The van der Waals surface area contributed by atoms with E-state index in [1.165, 1.54) is 10.6 Å². The first-order valence-electron chi connectivity index (χ1n) is 9.97. The molecule has 0 aliphatic rings. The molecule has 3 aromatic rings. The summed E-state index contributed by atoms with van der Waals surface area (Å²) in [7, 11) is 0. The predicted molar refractivity (Wildman–Crippen MR) is 120 cm³/mol. The molecular weight excluding hydrogens is 402 g/mol. The Hall–Kier alpha value is -2.90. The minimum Gasteiger partial charge on any atom is -0.487 e. The van der Waals surface area contributed by atoms with E-state index in [-0.39, 0.29) is 12.2 Å². The molecule has 0 radical (unpaired) electrons. The lowest BCUT2D eigenvalue weighted by Gasteiger charge is -2.18. The van der Waals surface area contributed by atoms with Crippen molar-refractivity contribution in [3.63, 3.8) is 0 Å². The largest absolute Gasteiger partial charge is 0.487 e. The van der Waals surface area contributed by atoms with Crippen LogP contribution in [0.4, 0.5) is 5.82 Å². The van der Waals surface area contributed by atoms with E-state index in [0.717, 1.165) is 37.7 Å². The first-order valence-corrected chi connectivity index (χ1v) is 10.4. The Kier molecular flexibility index (Phi) is 7.82. The molecule has 7 nitrogen and oxygen atoms in total. The SMILES string of the molecule is CCN(CC)CCNc1ccc(-n2ccc(OCc3ccc(Cl)cn3)cc2=O)cn1. The first-order chi connectivity index (χ1) is 14.6. The number of nitrogens with zero attached hydrogens (tertiary/aromatic N) is 4. The Bertz CT molecular complexity index is 986. The molecule has 8 heteroatoms. The molecule has 1 N–H and O–H groups in total.